The minimum atomic E-state index is -1.03. The lowest BCUT2D eigenvalue weighted by atomic mass is 10.2. The Labute approximate surface area is 125 Å². The Balaban J connectivity index is 1.64. The fraction of sp³-hybridized carbons (Fsp3) is 0.267. The predicted molar refractivity (Wildman–Crippen MR) is 73.3 cm³/mol. The third kappa shape index (κ3) is 3.03. The molecular formula is C15H13F2N3O2. The SMILES string of the molecule is O=C(c1ccc(F)c(F)c1)N1CCC(Oc2cccnn2)C1. The number of nitrogens with zero attached hydrogens (tertiary/aromatic N) is 3. The number of amides is 1. The third-order valence-corrected chi connectivity index (χ3v) is 3.43. The zero-order chi connectivity index (χ0) is 15.5. The van der Waals surface area contributed by atoms with Gasteiger partial charge in [0.05, 0.1) is 6.54 Å². The molecule has 1 amide bonds. The molecule has 5 nitrogen and oxygen atoms in total. The van der Waals surface area contributed by atoms with Crippen LogP contribution in [-0.4, -0.2) is 40.2 Å². The molecule has 0 radical (unpaired) electrons. The first-order chi connectivity index (χ1) is 10.6. The van der Waals surface area contributed by atoms with E-state index in [1.54, 1.807) is 23.2 Å². The van der Waals surface area contributed by atoms with Crippen LogP contribution in [0.4, 0.5) is 8.78 Å². The van der Waals surface area contributed by atoms with Gasteiger partial charge in [-0.3, -0.25) is 4.79 Å². The minimum Gasteiger partial charge on any atom is -0.471 e. The molecule has 3 rings (SSSR count). The Bertz CT molecular complexity index is 682. The molecule has 0 aliphatic carbocycles. The second-order valence-corrected chi connectivity index (χ2v) is 4.97. The van der Waals surface area contributed by atoms with Gasteiger partial charge in [-0.05, 0) is 24.3 Å². The highest BCUT2D eigenvalue weighted by atomic mass is 19.2. The van der Waals surface area contributed by atoms with Crippen molar-refractivity contribution in [3.8, 4) is 5.88 Å². The zero-order valence-electron chi connectivity index (χ0n) is 11.6. The molecule has 1 saturated heterocycles. The van der Waals surface area contributed by atoms with Gasteiger partial charge in [0.15, 0.2) is 11.6 Å². The fourth-order valence-corrected chi connectivity index (χ4v) is 2.34. The third-order valence-electron chi connectivity index (χ3n) is 3.43. The number of carbonyl (C=O) groups excluding carboxylic acids is 1. The molecule has 1 aromatic carbocycles. The summed E-state index contributed by atoms with van der Waals surface area (Å²) in [7, 11) is 0. The van der Waals surface area contributed by atoms with E-state index < -0.39 is 11.6 Å². The largest absolute Gasteiger partial charge is 0.471 e. The number of carbonyl (C=O) groups is 1. The summed E-state index contributed by atoms with van der Waals surface area (Å²) < 4.78 is 31.7. The molecule has 1 aliphatic rings. The van der Waals surface area contributed by atoms with Gasteiger partial charge in [0, 0.05) is 30.8 Å². The number of hydrogen-bond acceptors (Lipinski definition) is 4. The second-order valence-electron chi connectivity index (χ2n) is 4.97. The Morgan fingerprint density at radius 2 is 2.14 bits per heavy atom. The van der Waals surface area contributed by atoms with Crippen molar-refractivity contribution in [1.82, 2.24) is 15.1 Å². The Morgan fingerprint density at radius 3 is 2.86 bits per heavy atom. The van der Waals surface area contributed by atoms with Gasteiger partial charge in [0.25, 0.3) is 5.91 Å². The summed E-state index contributed by atoms with van der Waals surface area (Å²) in [5, 5.41) is 7.54. The molecule has 22 heavy (non-hydrogen) atoms. The van der Waals surface area contributed by atoms with Crippen molar-refractivity contribution in [2.45, 2.75) is 12.5 Å². The van der Waals surface area contributed by atoms with E-state index in [-0.39, 0.29) is 17.6 Å². The average Bonchev–Trinajstić information content (AvgIpc) is 2.99. The molecule has 1 aliphatic heterocycles. The van der Waals surface area contributed by atoms with Gasteiger partial charge in [0.2, 0.25) is 5.88 Å². The summed E-state index contributed by atoms with van der Waals surface area (Å²) >= 11 is 0. The van der Waals surface area contributed by atoms with Crippen molar-refractivity contribution in [3.63, 3.8) is 0 Å². The maximum Gasteiger partial charge on any atom is 0.254 e. The first-order valence-corrected chi connectivity index (χ1v) is 6.82. The van der Waals surface area contributed by atoms with Gasteiger partial charge in [-0.1, -0.05) is 0 Å². The van der Waals surface area contributed by atoms with E-state index >= 15 is 0 Å². The topological polar surface area (TPSA) is 55.3 Å². The van der Waals surface area contributed by atoms with Gasteiger partial charge < -0.3 is 9.64 Å². The first kappa shape index (κ1) is 14.4. The molecule has 2 aromatic rings. The smallest absolute Gasteiger partial charge is 0.254 e. The Hall–Kier alpha value is -2.57. The number of ether oxygens (including phenoxy) is 1. The maximum atomic E-state index is 13.2. The van der Waals surface area contributed by atoms with Crippen molar-refractivity contribution in [2.24, 2.45) is 0 Å². The van der Waals surface area contributed by atoms with Crippen LogP contribution in [0.25, 0.3) is 0 Å². The molecule has 0 N–H and O–H groups in total. The summed E-state index contributed by atoms with van der Waals surface area (Å²) in [6, 6.07) is 6.53. The Kier molecular flexibility index (Phi) is 3.95. The van der Waals surface area contributed by atoms with Gasteiger partial charge in [-0.25, -0.2) is 8.78 Å². The van der Waals surface area contributed by atoms with Crippen LogP contribution in [0.5, 0.6) is 5.88 Å². The number of hydrogen-bond donors (Lipinski definition) is 0. The van der Waals surface area contributed by atoms with Gasteiger partial charge >= 0.3 is 0 Å². The summed E-state index contributed by atoms with van der Waals surface area (Å²) in [6.07, 6.45) is 2.00. The molecule has 2 heterocycles. The zero-order valence-corrected chi connectivity index (χ0v) is 11.6. The molecule has 0 bridgehead atoms. The van der Waals surface area contributed by atoms with Crippen LogP contribution < -0.4 is 4.74 Å². The van der Waals surface area contributed by atoms with Crippen LogP contribution in [0, 0.1) is 11.6 Å². The lowest BCUT2D eigenvalue weighted by Crippen LogP contribution is -2.31. The van der Waals surface area contributed by atoms with E-state index in [2.05, 4.69) is 10.2 Å². The summed E-state index contributed by atoms with van der Waals surface area (Å²) in [6.45, 7) is 0.858. The monoisotopic (exact) mass is 305 g/mol. The maximum absolute atomic E-state index is 13.2. The molecule has 1 fully saturated rings. The minimum absolute atomic E-state index is 0.124. The van der Waals surface area contributed by atoms with Crippen LogP contribution in [0.2, 0.25) is 0 Å². The molecule has 0 saturated carbocycles. The van der Waals surface area contributed by atoms with E-state index in [0.717, 1.165) is 12.1 Å². The highest BCUT2D eigenvalue weighted by Crippen LogP contribution is 2.19. The van der Waals surface area contributed by atoms with Crippen molar-refractivity contribution < 1.29 is 18.3 Å². The quantitative estimate of drug-likeness (QED) is 0.871. The molecule has 7 heteroatoms. The Morgan fingerprint density at radius 1 is 1.27 bits per heavy atom. The molecule has 0 spiro atoms. The van der Waals surface area contributed by atoms with Crippen molar-refractivity contribution in [3.05, 3.63) is 53.7 Å². The van der Waals surface area contributed by atoms with E-state index in [4.69, 9.17) is 4.74 Å². The molecule has 1 aromatic heterocycles. The number of halogens is 2. The lowest BCUT2D eigenvalue weighted by molar-refractivity contribution is 0.0770. The van der Waals surface area contributed by atoms with Gasteiger partial charge in [0.1, 0.15) is 6.10 Å². The molecule has 1 unspecified atom stereocenters. The summed E-state index contributed by atoms with van der Waals surface area (Å²) in [5.74, 6) is -1.95. The number of likely N-dealkylation sites (tertiary alicyclic amines) is 1. The fourth-order valence-electron chi connectivity index (χ4n) is 2.34. The summed E-state index contributed by atoms with van der Waals surface area (Å²) in [4.78, 5) is 13.8. The highest BCUT2D eigenvalue weighted by Gasteiger charge is 2.29. The normalized spacial score (nSPS) is 17.5. The van der Waals surface area contributed by atoms with Gasteiger partial charge in [-0.2, -0.15) is 5.10 Å². The standard InChI is InChI=1S/C15H13F2N3O2/c16-12-4-3-10(8-13(12)17)15(21)20-7-5-11(9-20)22-14-2-1-6-18-19-14/h1-4,6,8,11H,5,7,9H2. The lowest BCUT2D eigenvalue weighted by Gasteiger charge is -2.17. The second kappa shape index (κ2) is 6.05. The van der Waals surface area contributed by atoms with Crippen LogP contribution in [-0.2, 0) is 0 Å². The van der Waals surface area contributed by atoms with Crippen LogP contribution in [0.1, 0.15) is 16.8 Å². The van der Waals surface area contributed by atoms with E-state index in [9.17, 15) is 13.6 Å². The van der Waals surface area contributed by atoms with Crippen LogP contribution in [0.15, 0.2) is 36.5 Å². The number of rotatable bonds is 3. The number of benzene rings is 1. The van der Waals surface area contributed by atoms with Crippen molar-refractivity contribution >= 4 is 5.91 Å². The average molecular weight is 305 g/mol. The molecule has 114 valence electrons. The van der Waals surface area contributed by atoms with Gasteiger partial charge in [-0.15, -0.1) is 5.10 Å². The summed E-state index contributed by atoms with van der Waals surface area (Å²) in [5.41, 5.74) is 0.124. The van der Waals surface area contributed by atoms with Crippen molar-refractivity contribution in [1.29, 1.82) is 0 Å². The van der Waals surface area contributed by atoms with Crippen molar-refractivity contribution in [2.75, 3.05) is 13.1 Å². The van der Waals surface area contributed by atoms with E-state index in [1.807, 2.05) is 0 Å². The molecular weight excluding hydrogens is 292 g/mol. The first-order valence-electron chi connectivity index (χ1n) is 6.82. The predicted octanol–water partition coefficient (Wildman–Crippen LogP) is 2.05. The highest BCUT2D eigenvalue weighted by molar-refractivity contribution is 5.94. The van der Waals surface area contributed by atoms with Crippen LogP contribution in [0.3, 0.4) is 0 Å². The number of aromatic nitrogens is 2. The van der Waals surface area contributed by atoms with E-state index in [1.165, 1.54) is 6.07 Å². The van der Waals surface area contributed by atoms with E-state index in [0.29, 0.717) is 25.4 Å². The molecule has 1 atom stereocenters. The van der Waals surface area contributed by atoms with Crippen LogP contribution >= 0.6 is 0 Å².